The molecule has 0 bridgehead atoms. The van der Waals surface area contributed by atoms with Gasteiger partial charge in [0.25, 0.3) is 0 Å². The molecule has 0 radical (unpaired) electrons. The summed E-state index contributed by atoms with van der Waals surface area (Å²) in [5, 5.41) is -2.36. The first-order chi connectivity index (χ1) is 65.3. The van der Waals surface area contributed by atoms with E-state index in [9.17, 15) is 38.1 Å². The van der Waals surface area contributed by atoms with Crippen LogP contribution in [0, 0.1) is 12.7 Å². The van der Waals surface area contributed by atoms with Crippen LogP contribution in [0.3, 0.4) is 0 Å². The fraction of sp³-hybridized carbons (Fsp3) is 0.292. The quantitative estimate of drug-likeness (QED) is 0.0736. The van der Waals surface area contributed by atoms with Gasteiger partial charge in [-0.1, -0.05) is 229 Å². The van der Waals surface area contributed by atoms with Crippen LogP contribution < -0.4 is 19.4 Å². The van der Waals surface area contributed by atoms with Gasteiger partial charge in [0.15, 0.2) is 0 Å². The van der Waals surface area contributed by atoms with Crippen LogP contribution >= 0.6 is 47.0 Å². The molecule has 0 saturated carbocycles. The second-order valence-electron chi connectivity index (χ2n) is 35.1. The smallest absolute Gasteiger partial charge is 0.225 e. The largest absolute Gasteiger partial charge is 0.495 e. The van der Waals surface area contributed by atoms with Crippen molar-refractivity contribution in [1.82, 2.24) is 37.1 Å². The number of pyridine rings is 1. The molecule has 135 heavy (non-hydrogen) atoms. The summed E-state index contributed by atoms with van der Waals surface area (Å²) in [6.45, 7) is 17.9. The summed E-state index contributed by atoms with van der Waals surface area (Å²) >= 11 is 7.04. The Hall–Kier alpha value is -10.2. The molecule has 4 saturated heterocycles. The van der Waals surface area contributed by atoms with E-state index in [1.165, 1.54) is 101 Å². The number of hydrogen-bond acceptors (Lipinski definition) is 20. The van der Waals surface area contributed by atoms with Gasteiger partial charge in [-0.25, -0.2) is 53.0 Å². The topological polar surface area (TPSA) is 210 Å². The fourth-order valence-electron chi connectivity index (χ4n) is 18.8. The maximum atomic E-state index is 13.8. The van der Waals surface area contributed by atoms with Gasteiger partial charge in [0.2, 0.25) is 46.0 Å². The van der Waals surface area contributed by atoms with Crippen molar-refractivity contribution < 1.29 is 42.8 Å². The van der Waals surface area contributed by atoms with Crippen molar-refractivity contribution in [2.45, 2.75) is 127 Å². The third kappa shape index (κ3) is 21.1. The summed E-state index contributed by atoms with van der Waals surface area (Å²) < 4.78 is 134. The Morgan fingerprint density at radius 2 is 0.607 bits per heavy atom. The van der Waals surface area contributed by atoms with Crippen molar-refractivity contribution in [3.8, 4) is 5.75 Å². The molecule has 8 aliphatic rings. The highest BCUT2D eigenvalue weighted by Gasteiger charge is 2.40. The average molecular weight is 1960 g/mol. The van der Waals surface area contributed by atoms with E-state index in [2.05, 4.69) is 206 Å². The van der Waals surface area contributed by atoms with Gasteiger partial charge >= 0.3 is 0 Å². The highest BCUT2D eigenvalue weighted by Crippen LogP contribution is 2.47. The maximum Gasteiger partial charge on any atom is 0.225 e. The van der Waals surface area contributed by atoms with E-state index in [4.69, 9.17) is 4.74 Å². The third-order valence-electron chi connectivity index (χ3n) is 26.9. The number of hydrogen-bond donors (Lipinski definition) is 0. The van der Waals surface area contributed by atoms with Crippen molar-refractivity contribution in [3.05, 3.63) is 375 Å². The molecule has 5 unspecified atom stereocenters. The molecule has 0 spiro atoms. The Morgan fingerprint density at radius 1 is 0.304 bits per heavy atom. The second kappa shape index (κ2) is 41.6. The molecule has 2 aromatic heterocycles. The van der Waals surface area contributed by atoms with Gasteiger partial charge in [-0.2, -0.15) is 17.2 Å². The molecule has 20 nitrogen and oxygen atoms in total. The number of ether oxygens (including phenoxy) is 1. The Morgan fingerprint density at radius 3 is 0.970 bits per heavy atom. The lowest BCUT2D eigenvalue weighted by Gasteiger charge is -2.40. The lowest BCUT2D eigenvalue weighted by Crippen LogP contribution is -2.50. The molecule has 0 N–H and O–H groups in total. The number of fused-ring (bicyclic) bond motifs is 8. The van der Waals surface area contributed by atoms with Crippen LogP contribution in [-0.2, 0) is 65.8 Å². The van der Waals surface area contributed by atoms with Crippen molar-refractivity contribution in [1.29, 1.82) is 0 Å². The second-order valence-corrected chi connectivity index (χ2v) is 48.5. The van der Waals surface area contributed by atoms with E-state index in [1.807, 2.05) is 97.6 Å². The number of aryl methyl sites for hydroxylation is 1. The minimum atomic E-state index is -3.54. The Labute approximate surface area is 811 Å². The molecule has 8 aliphatic heterocycles. The molecular formula is C106H110FN11O9S8. The molecule has 29 heteroatoms. The number of piperazine rings is 4. The van der Waals surface area contributed by atoms with E-state index in [-0.39, 0.29) is 11.9 Å². The molecule has 5 atom stereocenters. The first-order valence-corrected chi connectivity index (χ1v) is 55.2. The summed E-state index contributed by atoms with van der Waals surface area (Å²) in [6.07, 6.45) is 8.54. The number of rotatable bonds is 19. The zero-order valence-electron chi connectivity index (χ0n) is 76.4. The molecule has 0 aliphatic carbocycles. The van der Waals surface area contributed by atoms with E-state index < -0.39 is 61.1 Å². The summed E-state index contributed by atoms with van der Waals surface area (Å²) in [5.41, 5.74) is 17.7. The monoisotopic (exact) mass is 1960 g/mol. The van der Waals surface area contributed by atoms with Crippen LogP contribution in [0.15, 0.2) is 325 Å². The summed E-state index contributed by atoms with van der Waals surface area (Å²) in [4.78, 5) is 31.6. The zero-order valence-corrected chi connectivity index (χ0v) is 82.9. The molecule has 698 valence electrons. The molecule has 10 heterocycles. The minimum Gasteiger partial charge on any atom is -0.495 e. The number of benzene rings is 11. The lowest BCUT2D eigenvalue weighted by atomic mass is 9.95. The number of halogens is 1. The predicted octanol–water partition coefficient (Wildman–Crippen LogP) is 20.0. The average Bonchev–Trinajstić information content (AvgIpc) is 0.784. The summed E-state index contributed by atoms with van der Waals surface area (Å²) in [6, 6.07) is 88.7. The number of anilines is 3. The van der Waals surface area contributed by atoms with E-state index in [0.717, 1.165) is 76.3 Å². The standard InChI is InChI=1S/C33H33FN2O2S2.C26H28N2O3S2.C24H25N3O2S2.C23H24N4O2S2/c1-23-7-9-25(10-8-23)33(26-11-14-30(34)15-12-26)35-17-19-36(20-18-35)40(37,38)24(2)27-13-16-32-29(21-27)22-28-5-3-4-6-31(28)39-32;1-19(20-11-12-26-22(17-20)18-21-7-3-6-10-25(21)32-26)33(29,30)28-15-13-27(14-16-28)23-8-4-5-9-24(23)31-2;1-18(19-9-10-23-21(16-19)17-20-6-2-3-7-22(20)30-23)31(28,29)27-14-12-26(13-15-27)24-8-4-5-11-25-24;1-17(18-7-8-22-20(15-18)16-19-5-2-3-6-21(19)30-22)31(28,29)27-13-11-26(12-14-27)23-24-9-4-10-25-23/h3-16,21,24,33H,17-20,22H2,1-2H3;3-12,17,19H,13-16,18H2,1-2H3;2-11,16,18H,12-15,17H2,1H3;2-10,15,17H,11-14,16H2,1H3. The SMILES string of the molecule is CC(c1ccc2c(c1)Cc1ccccc1S2)S(=O)(=O)N1CCN(c2ccccn2)CC1.CC(c1ccc2c(c1)Cc1ccccc1S2)S(=O)(=O)N1CCN(c2ncccn2)CC1.COc1ccccc1N1CCN(S(=O)(=O)C(C)c2ccc3c(c2)Cc2ccccc2S3)CC1.Cc1ccc(C(c2ccc(F)cc2)N2CCN(S(=O)(=O)C(C)c3ccc4c(c3)Cc3ccccc3S4)CC2)cc1. The van der Waals surface area contributed by atoms with Gasteiger partial charge in [-0.05, 0) is 229 Å². The molecule has 0 amide bonds. The van der Waals surface area contributed by atoms with Crippen molar-refractivity contribution in [2.75, 3.05) is 127 Å². The van der Waals surface area contributed by atoms with Crippen LogP contribution in [0.4, 0.5) is 21.8 Å². The van der Waals surface area contributed by atoms with Crippen LogP contribution in [0.5, 0.6) is 5.75 Å². The first kappa shape index (κ1) is 95.1. The lowest BCUT2D eigenvalue weighted by molar-refractivity contribution is 0.155. The van der Waals surface area contributed by atoms with Gasteiger partial charge in [-0.15, -0.1) is 0 Å². The van der Waals surface area contributed by atoms with E-state index >= 15 is 0 Å². The normalized spacial score (nSPS) is 17.5. The van der Waals surface area contributed by atoms with Gasteiger partial charge in [0.05, 0.1) is 39.8 Å². The van der Waals surface area contributed by atoms with E-state index in [1.54, 1.807) is 110 Å². The Kier molecular flexibility index (Phi) is 29.3. The number of methoxy groups -OCH3 is 1. The van der Waals surface area contributed by atoms with Gasteiger partial charge in [-0.3, -0.25) is 4.90 Å². The van der Waals surface area contributed by atoms with Gasteiger partial charge < -0.3 is 19.4 Å². The van der Waals surface area contributed by atoms with Crippen molar-refractivity contribution in [3.63, 3.8) is 0 Å². The molecule has 4 fully saturated rings. The number of para-hydroxylation sites is 2. The first-order valence-electron chi connectivity index (χ1n) is 45.9. The van der Waals surface area contributed by atoms with E-state index in [0.29, 0.717) is 111 Å². The Bertz CT molecular complexity index is 6680. The third-order valence-corrected chi connectivity index (χ3v) is 40.9. The van der Waals surface area contributed by atoms with Crippen LogP contribution in [0.2, 0.25) is 0 Å². The maximum absolute atomic E-state index is 13.8. The van der Waals surface area contributed by atoms with Crippen molar-refractivity contribution >= 4 is 105 Å². The van der Waals surface area contributed by atoms with Gasteiger partial charge in [0, 0.05) is 162 Å². The summed E-state index contributed by atoms with van der Waals surface area (Å²) in [7, 11) is -12.2. The highest BCUT2D eigenvalue weighted by molar-refractivity contribution is 8.00. The van der Waals surface area contributed by atoms with Crippen molar-refractivity contribution in [2.24, 2.45) is 0 Å². The molecule has 11 aromatic carbocycles. The predicted molar refractivity (Wildman–Crippen MR) is 542 cm³/mol. The Balaban J connectivity index is 0.000000121. The summed E-state index contributed by atoms with van der Waals surface area (Å²) in [5.74, 6) is 2.11. The molecule has 13 aromatic rings. The van der Waals surface area contributed by atoms with Crippen LogP contribution in [0.1, 0.15) is 138 Å². The number of sulfonamides is 4. The van der Waals surface area contributed by atoms with Gasteiger partial charge in [0.1, 0.15) is 17.4 Å². The number of aromatic nitrogens is 3. The number of nitrogens with zero attached hydrogens (tertiary/aromatic N) is 11. The van der Waals surface area contributed by atoms with Crippen LogP contribution in [0.25, 0.3) is 0 Å². The van der Waals surface area contributed by atoms with Crippen LogP contribution in [-0.4, -0.2) is 183 Å². The molecular weight excluding hydrogens is 1850 g/mol. The highest BCUT2D eigenvalue weighted by atomic mass is 32.2. The zero-order chi connectivity index (χ0) is 93.7. The minimum absolute atomic E-state index is 0.0653. The molecule has 21 rings (SSSR count). The fourth-order valence-corrected chi connectivity index (χ4v) is 29.5.